The van der Waals surface area contributed by atoms with Crippen molar-refractivity contribution in [2.45, 2.75) is 27.0 Å². The average Bonchev–Trinajstić information content (AvgIpc) is 2.80. The van der Waals surface area contributed by atoms with Gasteiger partial charge in [0.2, 0.25) is 0 Å². The van der Waals surface area contributed by atoms with Gasteiger partial charge < -0.3 is 5.73 Å². The van der Waals surface area contributed by atoms with E-state index in [1.165, 1.54) is 6.07 Å². The molecule has 26 heavy (non-hydrogen) atoms. The molecule has 0 amide bonds. The first kappa shape index (κ1) is 20.6. The Kier molecular flexibility index (Phi) is 5.13. The molecule has 0 saturated heterocycles. The average molecular weight is 439 g/mol. The molecule has 0 bridgehead atoms. The summed E-state index contributed by atoms with van der Waals surface area (Å²) in [4.78, 5) is -1.12. The van der Waals surface area contributed by atoms with Crippen molar-refractivity contribution < 1.29 is 30.6 Å². The number of allylic oxidation sites excluding steroid dienone is 4. The van der Waals surface area contributed by atoms with Crippen molar-refractivity contribution >= 4 is 39.8 Å². The van der Waals surface area contributed by atoms with E-state index in [9.17, 15) is 30.6 Å². The van der Waals surface area contributed by atoms with Crippen LogP contribution in [-0.2, 0) is 10.8 Å². The summed E-state index contributed by atoms with van der Waals surface area (Å²) in [5.74, 6) is -0.860. The van der Waals surface area contributed by atoms with Crippen molar-refractivity contribution in [3.63, 3.8) is 0 Å². The van der Waals surface area contributed by atoms with E-state index in [0.29, 0.717) is 16.8 Å². The molecule has 1 aliphatic carbocycles. The van der Waals surface area contributed by atoms with Crippen molar-refractivity contribution in [2.75, 3.05) is 5.73 Å². The third-order valence-corrected chi connectivity index (χ3v) is 5.05. The number of anilines is 1. The zero-order valence-corrected chi connectivity index (χ0v) is 14.4. The summed E-state index contributed by atoms with van der Waals surface area (Å²) in [6.07, 6.45) is -2.95. The van der Waals surface area contributed by atoms with Gasteiger partial charge in [0.25, 0.3) is 0 Å². The van der Waals surface area contributed by atoms with Gasteiger partial charge >= 0.3 is 11.7 Å². The lowest BCUT2D eigenvalue weighted by Gasteiger charge is -2.30. The number of alkyl halides is 8. The second kappa shape index (κ2) is 6.47. The predicted molar refractivity (Wildman–Crippen MR) is 80.6 cm³/mol. The van der Waals surface area contributed by atoms with Gasteiger partial charge in [-0.3, -0.25) is 0 Å². The molecule has 0 aromatic carbocycles. The minimum atomic E-state index is -5.24. The first-order chi connectivity index (χ1) is 11.7. The van der Waals surface area contributed by atoms with Gasteiger partial charge in [-0.05, 0) is 6.08 Å². The lowest BCUT2D eigenvalue weighted by molar-refractivity contribution is -0.0888. The number of rotatable bonds is 2. The molecule has 1 aromatic rings. The van der Waals surface area contributed by atoms with E-state index in [0.717, 1.165) is 6.08 Å². The Morgan fingerprint density at radius 2 is 1.88 bits per heavy atom. The van der Waals surface area contributed by atoms with Gasteiger partial charge in [-0.25, -0.2) is 8.89 Å². The Hall–Kier alpha value is -1.71. The topological polar surface area (TPSA) is 84.7 Å². The maximum Gasteiger partial charge on any atom is 0.476 e. The second-order valence-electron chi connectivity index (χ2n) is 4.91. The number of hydrogen-bond acceptors (Lipinski definition) is 4. The van der Waals surface area contributed by atoms with Gasteiger partial charge in [0.15, 0.2) is 20.8 Å². The third-order valence-electron chi connectivity index (χ3n) is 3.19. The zero-order chi connectivity index (χ0) is 20.1. The number of nitriles is 1. The van der Waals surface area contributed by atoms with Gasteiger partial charge in [0.05, 0.1) is 5.57 Å². The van der Waals surface area contributed by atoms with Gasteiger partial charge in [-0.15, -0.1) is 0 Å². The highest BCUT2D eigenvalue weighted by Crippen LogP contribution is 2.45. The molecule has 0 radical (unpaired) electrons. The molecule has 5 nitrogen and oxygen atoms in total. The van der Waals surface area contributed by atoms with E-state index >= 15 is 0 Å². The molecular weight excluding hydrogens is 433 g/mol. The molecule has 2 atom stereocenters. The Labute approximate surface area is 154 Å². The zero-order valence-electron chi connectivity index (χ0n) is 12.1. The predicted octanol–water partition coefficient (Wildman–Crippen LogP) is 3.74. The van der Waals surface area contributed by atoms with Crippen LogP contribution in [0, 0.1) is 11.3 Å². The Bertz CT molecular complexity index is 865. The van der Waals surface area contributed by atoms with E-state index in [2.05, 4.69) is 5.10 Å². The SMILES string of the molecule is N#Cc1nn(C2C=CC(C(F)(F)F)=CC2(Cl)Cl)c(N)c1S(=O)C(F)(F)F. The lowest BCUT2D eigenvalue weighted by atomic mass is 10.0. The van der Waals surface area contributed by atoms with Gasteiger partial charge in [0, 0.05) is 0 Å². The molecule has 0 aliphatic heterocycles. The monoisotopic (exact) mass is 438 g/mol. The van der Waals surface area contributed by atoms with E-state index in [1.54, 1.807) is 0 Å². The van der Waals surface area contributed by atoms with Crippen LogP contribution in [0.5, 0.6) is 0 Å². The standard InChI is InChI=1S/C12H6Cl2F6N4OS/c13-10(14)3-5(11(15,16)17)1-2-7(10)24-9(22)8(6(4-21)23-24)26(25)12(18,19)20/h1-3,7H,22H2. The fourth-order valence-corrected chi connectivity index (χ4v) is 3.44. The molecular formula is C12H6Cl2F6N4OS. The minimum absolute atomic E-state index is 0.425. The van der Waals surface area contributed by atoms with Crippen LogP contribution in [0.1, 0.15) is 11.7 Å². The maximum absolute atomic E-state index is 12.8. The van der Waals surface area contributed by atoms with Crippen LogP contribution in [0.25, 0.3) is 0 Å². The highest BCUT2D eigenvalue weighted by atomic mass is 35.5. The summed E-state index contributed by atoms with van der Waals surface area (Å²) in [6, 6.07) is -0.185. The van der Waals surface area contributed by atoms with E-state index in [-0.39, 0.29) is 0 Å². The largest absolute Gasteiger partial charge is 0.476 e. The maximum atomic E-state index is 12.8. The number of halogens is 8. The highest BCUT2D eigenvalue weighted by Gasteiger charge is 2.46. The van der Waals surface area contributed by atoms with Crippen LogP contribution >= 0.6 is 23.2 Å². The minimum Gasteiger partial charge on any atom is -0.383 e. The van der Waals surface area contributed by atoms with Crippen molar-refractivity contribution in [3.05, 3.63) is 29.5 Å². The second-order valence-corrected chi connectivity index (χ2v) is 7.76. The van der Waals surface area contributed by atoms with E-state index in [4.69, 9.17) is 34.2 Å². The summed E-state index contributed by atoms with van der Waals surface area (Å²) >= 11 is 11.7. The van der Waals surface area contributed by atoms with Crippen LogP contribution < -0.4 is 5.73 Å². The van der Waals surface area contributed by atoms with Crippen LogP contribution in [0.4, 0.5) is 32.2 Å². The Morgan fingerprint density at radius 3 is 2.31 bits per heavy atom. The van der Waals surface area contributed by atoms with Gasteiger partial charge in [0.1, 0.15) is 22.8 Å². The number of nitrogens with two attached hydrogens (primary N) is 1. The van der Waals surface area contributed by atoms with Crippen LogP contribution in [0.3, 0.4) is 0 Å². The molecule has 0 saturated carbocycles. The summed E-state index contributed by atoms with van der Waals surface area (Å²) in [6.45, 7) is 0. The molecule has 0 fully saturated rings. The quantitative estimate of drug-likeness (QED) is 0.562. The molecule has 142 valence electrons. The molecule has 0 spiro atoms. The van der Waals surface area contributed by atoms with Crippen LogP contribution in [-0.4, -0.2) is 30.0 Å². The number of nitrogens with zero attached hydrogens (tertiary/aromatic N) is 3. The number of aromatic nitrogens is 2. The number of hydrogen-bond donors (Lipinski definition) is 1. The van der Waals surface area contributed by atoms with Crippen molar-refractivity contribution in [2.24, 2.45) is 0 Å². The number of nitrogen functional groups attached to an aromatic ring is 1. The van der Waals surface area contributed by atoms with Gasteiger partial charge in [-0.2, -0.15) is 36.7 Å². The van der Waals surface area contributed by atoms with Crippen molar-refractivity contribution in [3.8, 4) is 6.07 Å². The van der Waals surface area contributed by atoms with E-state index < -0.39 is 54.8 Å². The Balaban J connectivity index is 2.57. The first-order valence-corrected chi connectivity index (χ1v) is 8.23. The lowest BCUT2D eigenvalue weighted by Crippen LogP contribution is -2.31. The van der Waals surface area contributed by atoms with Crippen molar-refractivity contribution in [1.29, 1.82) is 5.26 Å². The molecule has 1 aliphatic rings. The summed E-state index contributed by atoms with van der Waals surface area (Å²) < 4.78 is 86.2. The van der Waals surface area contributed by atoms with Crippen LogP contribution in [0.2, 0.25) is 0 Å². The van der Waals surface area contributed by atoms with E-state index in [1.807, 2.05) is 0 Å². The molecule has 2 rings (SSSR count). The summed E-state index contributed by atoms with van der Waals surface area (Å²) in [5, 5.41) is 12.4. The molecule has 1 heterocycles. The normalized spacial score (nSPS) is 21.2. The van der Waals surface area contributed by atoms with Crippen molar-refractivity contribution in [1.82, 2.24) is 9.78 Å². The first-order valence-electron chi connectivity index (χ1n) is 6.33. The molecule has 2 unspecified atom stereocenters. The summed E-state index contributed by atoms with van der Waals surface area (Å²) in [5.41, 5.74) is -1.83. The third kappa shape index (κ3) is 3.70. The molecule has 1 aromatic heterocycles. The molecule has 2 N–H and O–H groups in total. The van der Waals surface area contributed by atoms with Gasteiger partial charge in [-0.1, -0.05) is 35.4 Å². The molecule has 14 heteroatoms. The fourth-order valence-electron chi connectivity index (χ4n) is 2.10. The fraction of sp³-hybridized carbons (Fsp3) is 0.333. The summed E-state index contributed by atoms with van der Waals surface area (Å²) in [7, 11) is -3.69. The van der Waals surface area contributed by atoms with Crippen LogP contribution in [0.15, 0.2) is 28.7 Å². The smallest absolute Gasteiger partial charge is 0.383 e. The highest BCUT2D eigenvalue weighted by molar-refractivity contribution is 7.86. The Morgan fingerprint density at radius 1 is 1.31 bits per heavy atom.